The third-order valence-corrected chi connectivity index (χ3v) is 5.32. The molecule has 0 aliphatic rings. The average molecular weight is 431 g/mol. The molecule has 0 atom stereocenters. The van der Waals surface area contributed by atoms with Gasteiger partial charge >= 0.3 is 0 Å². The zero-order valence-corrected chi connectivity index (χ0v) is 16.6. The number of hydrogen-bond donors (Lipinski definition) is 1. The maximum absolute atomic E-state index is 12.4. The Morgan fingerprint density at radius 3 is 2.82 bits per heavy atom. The molecule has 1 amide bonds. The lowest BCUT2D eigenvalue weighted by molar-refractivity contribution is -0.116. The predicted octanol–water partition coefficient (Wildman–Crippen LogP) is 4.47. The van der Waals surface area contributed by atoms with E-state index >= 15 is 0 Å². The molecule has 28 heavy (non-hydrogen) atoms. The van der Waals surface area contributed by atoms with Crippen molar-refractivity contribution in [3.63, 3.8) is 0 Å². The average Bonchev–Trinajstić information content (AvgIpc) is 3.12. The smallest absolute Gasteiger partial charge is 0.247 e. The summed E-state index contributed by atoms with van der Waals surface area (Å²) in [4.78, 5) is 28.7. The standard InChI is InChI=1S/C19H12Cl2N4O2S/c20-11-5-6-12(14(21)7-11)15-10-28-19(23-15)24-18(27)9-25-16-4-2-1-3-13(16)17(26)8-22-25/h1-8,10H,9H2,(H,23,24,27). The Kier molecular flexibility index (Phi) is 5.13. The van der Waals surface area contributed by atoms with Gasteiger partial charge in [0.05, 0.1) is 22.4 Å². The van der Waals surface area contributed by atoms with Crippen molar-refractivity contribution in [2.24, 2.45) is 0 Å². The van der Waals surface area contributed by atoms with Gasteiger partial charge in [0.1, 0.15) is 6.54 Å². The quantitative estimate of drug-likeness (QED) is 0.518. The normalized spacial score (nSPS) is 10.9. The lowest BCUT2D eigenvalue weighted by Crippen LogP contribution is -2.22. The van der Waals surface area contributed by atoms with Gasteiger partial charge in [0, 0.05) is 21.4 Å². The summed E-state index contributed by atoms with van der Waals surface area (Å²) < 4.78 is 1.48. The zero-order chi connectivity index (χ0) is 19.7. The Balaban J connectivity index is 1.53. The van der Waals surface area contributed by atoms with E-state index in [-0.39, 0.29) is 17.9 Å². The van der Waals surface area contributed by atoms with Gasteiger partial charge in [-0.2, -0.15) is 5.10 Å². The number of halogens is 2. The van der Waals surface area contributed by atoms with Gasteiger partial charge in [0.2, 0.25) is 11.3 Å². The second-order valence-electron chi connectivity index (χ2n) is 5.89. The number of thiazole rings is 1. The molecule has 0 saturated carbocycles. The van der Waals surface area contributed by atoms with Crippen LogP contribution in [0.1, 0.15) is 0 Å². The van der Waals surface area contributed by atoms with E-state index in [4.69, 9.17) is 23.2 Å². The van der Waals surface area contributed by atoms with Gasteiger partial charge in [0.25, 0.3) is 0 Å². The molecule has 0 unspecified atom stereocenters. The molecule has 0 fully saturated rings. The van der Waals surface area contributed by atoms with E-state index in [1.165, 1.54) is 22.2 Å². The first-order valence-electron chi connectivity index (χ1n) is 8.17. The van der Waals surface area contributed by atoms with Crippen LogP contribution in [0.3, 0.4) is 0 Å². The molecule has 0 radical (unpaired) electrons. The monoisotopic (exact) mass is 430 g/mol. The van der Waals surface area contributed by atoms with Gasteiger partial charge in [-0.3, -0.25) is 14.3 Å². The summed E-state index contributed by atoms with van der Waals surface area (Å²) in [5.74, 6) is -0.301. The van der Waals surface area contributed by atoms with Crippen LogP contribution in [0.5, 0.6) is 0 Å². The zero-order valence-electron chi connectivity index (χ0n) is 14.2. The fraction of sp³-hybridized carbons (Fsp3) is 0.0526. The molecule has 0 saturated heterocycles. The number of amides is 1. The van der Waals surface area contributed by atoms with E-state index in [1.807, 2.05) is 0 Å². The lowest BCUT2D eigenvalue weighted by Gasteiger charge is -2.08. The van der Waals surface area contributed by atoms with Crippen LogP contribution in [0.15, 0.2) is 58.8 Å². The molecule has 2 aromatic heterocycles. The van der Waals surface area contributed by atoms with E-state index < -0.39 is 0 Å². The Bertz CT molecular complexity index is 1250. The van der Waals surface area contributed by atoms with Crippen molar-refractivity contribution in [2.45, 2.75) is 6.54 Å². The Morgan fingerprint density at radius 1 is 1.18 bits per heavy atom. The van der Waals surface area contributed by atoms with Gasteiger partial charge in [-0.15, -0.1) is 11.3 Å². The van der Waals surface area contributed by atoms with Crippen LogP contribution in [0.2, 0.25) is 10.0 Å². The summed E-state index contributed by atoms with van der Waals surface area (Å²) in [6.07, 6.45) is 1.21. The first-order chi connectivity index (χ1) is 13.5. The van der Waals surface area contributed by atoms with Crippen LogP contribution >= 0.6 is 34.5 Å². The highest BCUT2D eigenvalue weighted by Gasteiger charge is 2.12. The van der Waals surface area contributed by atoms with Gasteiger partial charge < -0.3 is 5.32 Å². The highest BCUT2D eigenvalue weighted by Crippen LogP contribution is 2.32. The molecular formula is C19H12Cl2N4O2S. The second-order valence-corrected chi connectivity index (χ2v) is 7.60. The van der Waals surface area contributed by atoms with Crippen molar-refractivity contribution in [1.29, 1.82) is 0 Å². The number of nitrogens with zero attached hydrogens (tertiary/aromatic N) is 3. The first kappa shape index (κ1) is 18.6. The minimum atomic E-state index is -0.301. The lowest BCUT2D eigenvalue weighted by atomic mass is 10.2. The topological polar surface area (TPSA) is 76.9 Å². The minimum Gasteiger partial charge on any atom is -0.300 e. The van der Waals surface area contributed by atoms with Gasteiger partial charge in [-0.05, 0) is 30.3 Å². The van der Waals surface area contributed by atoms with Crippen molar-refractivity contribution < 1.29 is 4.79 Å². The van der Waals surface area contributed by atoms with E-state index in [0.29, 0.717) is 31.8 Å². The second kappa shape index (κ2) is 7.71. The highest BCUT2D eigenvalue weighted by atomic mass is 35.5. The van der Waals surface area contributed by atoms with Crippen molar-refractivity contribution in [2.75, 3.05) is 5.32 Å². The molecular weight excluding hydrogens is 419 g/mol. The summed E-state index contributed by atoms with van der Waals surface area (Å²) in [7, 11) is 0. The Labute approximate surface area is 173 Å². The summed E-state index contributed by atoms with van der Waals surface area (Å²) in [5.41, 5.74) is 1.79. The molecule has 2 aromatic carbocycles. The highest BCUT2D eigenvalue weighted by molar-refractivity contribution is 7.14. The molecule has 4 aromatic rings. The van der Waals surface area contributed by atoms with Crippen LogP contribution in [0.4, 0.5) is 5.13 Å². The molecule has 0 spiro atoms. The summed E-state index contributed by atoms with van der Waals surface area (Å²) in [6, 6.07) is 12.2. The van der Waals surface area contributed by atoms with Crippen molar-refractivity contribution in [3.8, 4) is 11.3 Å². The fourth-order valence-electron chi connectivity index (χ4n) is 2.73. The molecule has 0 aliphatic heterocycles. The number of aromatic nitrogens is 3. The predicted molar refractivity (Wildman–Crippen MR) is 112 cm³/mol. The molecule has 9 heteroatoms. The first-order valence-corrected chi connectivity index (χ1v) is 9.80. The number of anilines is 1. The van der Waals surface area contributed by atoms with Crippen LogP contribution in [-0.4, -0.2) is 20.7 Å². The number of nitrogens with one attached hydrogen (secondary N) is 1. The van der Waals surface area contributed by atoms with Gasteiger partial charge in [-0.1, -0.05) is 35.3 Å². The van der Waals surface area contributed by atoms with Crippen molar-refractivity contribution >= 4 is 56.5 Å². The van der Waals surface area contributed by atoms with E-state index in [9.17, 15) is 9.59 Å². The number of hydrogen-bond acceptors (Lipinski definition) is 5. The van der Waals surface area contributed by atoms with Crippen molar-refractivity contribution in [1.82, 2.24) is 14.8 Å². The number of carbonyl (C=O) groups is 1. The largest absolute Gasteiger partial charge is 0.300 e. The van der Waals surface area contributed by atoms with Crippen LogP contribution < -0.4 is 10.7 Å². The molecule has 6 nitrogen and oxygen atoms in total. The maximum Gasteiger partial charge on any atom is 0.247 e. The summed E-state index contributed by atoms with van der Waals surface area (Å²) >= 11 is 13.4. The van der Waals surface area contributed by atoms with E-state index in [0.717, 1.165) is 5.56 Å². The number of fused-ring (bicyclic) bond motifs is 1. The van der Waals surface area contributed by atoms with Gasteiger partial charge in [-0.25, -0.2) is 4.98 Å². The van der Waals surface area contributed by atoms with E-state index in [2.05, 4.69) is 15.4 Å². The molecule has 0 bridgehead atoms. The van der Waals surface area contributed by atoms with Gasteiger partial charge in [0.15, 0.2) is 5.13 Å². The maximum atomic E-state index is 12.4. The number of para-hydroxylation sites is 1. The number of benzene rings is 2. The molecule has 140 valence electrons. The van der Waals surface area contributed by atoms with Crippen molar-refractivity contribution in [3.05, 3.63) is 74.3 Å². The minimum absolute atomic E-state index is 0.0442. The van der Waals surface area contributed by atoms with E-state index in [1.54, 1.807) is 47.8 Å². The molecule has 4 rings (SSSR count). The molecule has 2 heterocycles. The fourth-order valence-corrected chi connectivity index (χ4v) is 3.97. The van der Waals surface area contributed by atoms with Crippen LogP contribution in [0.25, 0.3) is 22.2 Å². The third kappa shape index (κ3) is 3.77. The number of carbonyl (C=O) groups excluding carboxylic acids is 1. The Morgan fingerprint density at radius 2 is 2.00 bits per heavy atom. The third-order valence-electron chi connectivity index (χ3n) is 4.01. The SMILES string of the molecule is O=C(Cn1ncc(=O)c2ccccc21)Nc1nc(-c2ccc(Cl)cc2Cl)cs1. The summed E-state index contributed by atoms with van der Waals surface area (Å²) in [6.45, 7) is -0.0442. The van der Waals surface area contributed by atoms with Crippen LogP contribution in [-0.2, 0) is 11.3 Å². The summed E-state index contributed by atoms with van der Waals surface area (Å²) in [5, 5.41) is 10.6. The molecule has 0 aliphatic carbocycles. The molecule has 1 N–H and O–H groups in total. The van der Waals surface area contributed by atoms with Crippen LogP contribution in [0, 0.1) is 0 Å². The Hall–Kier alpha value is -2.74. The number of rotatable bonds is 4.